The van der Waals surface area contributed by atoms with Crippen LogP contribution in [0.25, 0.3) is 0 Å². The van der Waals surface area contributed by atoms with Gasteiger partial charge in [0, 0.05) is 17.4 Å². The molecule has 1 aromatic carbocycles. The van der Waals surface area contributed by atoms with Gasteiger partial charge in [0.05, 0.1) is 7.11 Å². The summed E-state index contributed by atoms with van der Waals surface area (Å²) in [4.78, 5) is 16.0. The van der Waals surface area contributed by atoms with Crippen LogP contribution in [0.15, 0.2) is 36.5 Å². The molecule has 0 bridgehead atoms. The topological polar surface area (TPSA) is 98.2 Å². The lowest BCUT2D eigenvalue weighted by atomic mass is 10.1. The fraction of sp³-hybridized carbons (Fsp3) is 0.133. The lowest BCUT2D eigenvalue weighted by Crippen LogP contribution is -2.09. The van der Waals surface area contributed by atoms with E-state index in [0.717, 1.165) is 0 Å². The van der Waals surface area contributed by atoms with Crippen molar-refractivity contribution in [1.82, 2.24) is 4.98 Å². The summed E-state index contributed by atoms with van der Waals surface area (Å²) in [6.07, 6.45) is 1.50. The van der Waals surface area contributed by atoms with E-state index in [-0.39, 0.29) is 17.9 Å². The molecular formula is C15H13N3O3. The number of hydrogen-bond donors (Lipinski definition) is 1. The van der Waals surface area contributed by atoms with E-state index in [4.69, 9.17) is 20.5 Å². The Kier molecular flexibility index (Phi) is 4.36. The van der Waals surface area contributed by atoms with Gasteiger partial charge < -0.3 is 15.2 Å². The number of carbonyl (C=O) groups excluding carboxylic acids is 1. The number of anilines is 1. The number of ether oxygens (including phenoxy) is 2. The van der Waals surface area contributed by atoms with Crippen molar-refractivity contribution in [3.8, 4) is 11.8 Å². The van der Waals surface area contributed by atoms with Crippen LogP contribution in [0.1, 0.15) is 21.6 Å². The minimum absolute atomic E-state index is 0.0481. The predicted molar refractivity (Wildman–Crippen MR) is 75.5 cm³/mol. The Balaban J connectivity index is 2.16. The highest BCUT2D eigenvalue weighted by atomic mass is 16.5. The van der Waals surface area contributed by atoms with E-state index in [1.807, 2.05) is 6.07 Å². The van der Waals surface area contributed by atoms with Gasteiger partial charge >= 0.3 is 5.97 Å². The summed E-state index contributed by atoms with van der Waals surface area (Å²) in [5.74, 6) is -0.201. The van der Waals surface area contributed by atoms with Crippen LogP contribution in [0.2, 0.25) is 0 Å². The second-order valence-electron chi connectivity index (χ2n) is 4.16. The maximum atomic E-state index is 12.1. The molecule has 106 valence electrons. The summed E-state index contributed by atoms with van der Waals surface area (Å²) in [6.45, 7) is -0.0481. The van der Waals surface area contributed by atoms with E-state index >= 15 is 0 Å². The average molecular weight is 283 g/mol. The summed E-state index contributed by atoms with van der Waals surface area (Å²) in [5.41, 5.74) is 7.09. The molecule has 0 unspecified atom stereocenters. The summed E-state index contributed by atoms with van der Waals surface area (Å²) in [6, 6.07) is 10.00. The lowest BCUT2D eigenvalue weighted by Gasteiger charge is -2.10. The van der Waals surface area contributed by atoms with E-state index in [9.17, 15) is 4.79 Å². The van der Waals surface area contributed by atoms with Gasteiger partial charge in [-0.3, -0.25) is 0 Å². The number of pyridine rings is 1. The highest BCUT2D eigenvalue weighted by molar-refractivity contribution is 5.93. The largest absolute Gasteiger partial charge is 0.496 e. The molecule has 0 aliphatic rings. The zero-order valence-corrected chi connectivity index (χ0v) is 11.4. The summed E-state index contributed by atoms with van der Waals surface area (Å²) < 4.78 is 10.3. The van der Waals surface area contributed by atoms with Crippen molar-refractivity contribution < 1.29 is 14.3 Å². The Morgan fingerprint density at radius 3 is 2.95 bits per heavy atom. The molecule has 0 fully saturated rings. The van der Waals surface area contributed by atoms with Crippen molar-refractivity contribution in [2.45, 2.75) is 6.61 Å². The molecule has 0 saturated carbocycles. The van der Waals surface area contributed by atoms with Gasteiger partial charge in [-0.15, -0.1) is 0 Å². The number of nitriles is 1. The molecule has 1 aromatic heterocycles. The molecule has 0 spiro atoms. The van der Waals surface area contributed by atoms with Crippen LogP contribution in [0.4, 0.5) is 5.69 Å². The van der Waals surface area contributed by atoms with Crippen LogP contribution in [0.5, 0.6) is 5.75 Å². The van der Waals surface area contributed by atoms with Gasteiger partial charge in [-0.2, -0.15) is 5.26 Å². The Hall–Kier alpha value is -3.07. The average Bonchev–Trinajstić information content (AvgIpc) is 2.52. The van der Waals surface area contributed by atoms with Gasteiger partial charge in [-0.05, 0) is 24.3 Å². The number of nitrogen functional groups attached to an aromatic ring is 1. The van der Waals surface area contributed by atoms with Crippen molar-refractivity contribution >= 4 is 11.7 Å². The molecule has 0 atom stereocenters. The molecule has 1 heterocycles. The van der Waals surface area contributed by atoms with Gasteiger partial charge in [0.25, 0.3) is 0 Å². The van der Waals surface area contributed by atoms with Crippen molar-refractivity contribution in [3.63, 3.8) is 0 Å². The third kappa shape index (κ3) is 3.28. The molecule has 0 saturated heterocycles. The number of esters is 1. The van der Waals surface area contributed by atoms with Crippen molar-refractivity contribution in [1.29, 1.82) is 5.26 Å². The third-order valence-electron chi connectivity index (χ3n) is 2.80. The van der Waals surface area contributed by atoms with E-state index in [1.165, 1.54) is 19.4 Å². The molecule has 21 heavy (non-hydrogen) atoms. The molecule has 2 aromatic rings. The maximum Gasteiger partial charge on any atom is 0.342 e. The maximum absolute atomic E-state index is 12.1. The number of benzene rings is 1. The van der Waals surface area contributed by atoms with Crippen LogP contribution in [0.3, 0.4) is 0 Å². The summed E-state index contributed by atoms with van der Waals surface area (Å²) in [7, 11) is 1.46. The molecule has 0 aliphatic carbocycles. The number of nitrogens with zero attached hydrogens (tertiary/aromatic N) is 2. The Labute approximate surface area is 121 Å². The van der Waals surface area contributed by atoms with E-state index in [1.54, 1.807) is 24.3 Å². The van der Waals surface area contributed by atoms with Gasteiger partial charge in [0.2, 0.25) is 0 Å². The highest BCUT2D eigenvalue weighted by Gasteiger charge is 2.15. The van der Waals surface area contributed by atoms with E-state index in [0.29, 0.717) is 17.0 Å². The number of rotatable bonds is 4. The Bertz CT molecular complexity index is 708. The lowest BCUT2D eigenvalue weighted by molar-refractivity contribution is 0.0468. The minimum Gasteiger partial charge on any atom is -0.496 e. The van der Waals surface area contributed by atoms with Gasteiger partial charge in [-0.1, -0.05) is 6.07 Å². The fourth-order valence-electron chi connectivity index (χ4n) is 1.76. The van der Waals surface area contributed by atoms with Crippen molar-refractivity contribution in [3.05, 3.63) is 53.3 Å². The SMILES string of the molecule is COc1ccc(N)cc1C(=O)OCc1cccnc1C#N. The minimum atomic E-state index is -0.577. The first-order chi connectivity index (χ1) is 10.2. The fourth-order valence-corrected chi connectivity index (χ4v) is 1.76. The van der Waals surface area contributed by atoms with Crippen LogP contribution in [0, 0.1) is 11.3 Å². The molecular weight excluding hydrogens is 270 g/mol. The van der Waals surface area contributed by atoms with Crippen molar-refractivity contribution in [2.75, 3.05) is 12.8 Å². The van der Waals surface area contributed by atoms with Gasteiger partial charge in [-0.25, -0.2) is 9.78 Å². The van der Waals surface area contributed by atoms with E-state index < -0.39 is 5.97 Å². The van der Waals surface area contributed by atoms with Gasteiger partial charge in [0.15, 0.2) is 0 Å². The second kappa shape index (κ2) is 6.39. The van der Waals surface area contributed by atoms with Gasteiger partial charge in [0.1, 0.15) is 29.7 Å². The Morgan fingerprint density at radius 2 is 2.24 bits per heavy atom. The van der Waals surface area contributed by atoms with Crippen molar-refractivity contribution in [2.24, 2.45) is 0 Å². The molecule has 0 amide bonds. The smallest absolute Gasteiger partial charge is 0.342 e. The molecule has 0 radical (unpaired) electrons. The number of carbonyl (C=O) groups is 1. The summed E-state index contributed by atoms with van der Waals surface area (Å²) >= 11 is 0. The Morgan fingerprint density at radius 1 is 1.43 bits per heavy atom. The molecule has 6 heteroatoms. The molecule has 6 nitrogen and oxygen atoms in total. The zero-order chi connectivity index (χ0) is 15.2. The zero-order valence-electron chi connectivity index (χ0n) is 11.4. The van der Waals surface area contributed by atoms with Crippen LogP contribution >= 0.6 is 0 Å². The number of aromatic nitrogens is 1. The number of methoxy groups -OCH3 is 1. The standard InChI is InChI=1S/C15H13N3O3/c1-20-14-5-4-11(17)7-12(14)15(19)21-9-10-3-2-6-18-13(10)8-16/h2-7H,9,17H2,1H3. The van der Waals surface area contributed by atoms with Crippen LogP contribution in [-0.4, -0.2) is 18.1 Å². The molecule has 0 aliphatic heterocycles. The first-order valence-electron chi connectivity index (χ1n) is 6.10. The first-order valence-corrected chi connectivity index (χ1v) is 6.10. The van der Waals surface area contributed by atoms with Crippen LogP contribution < -0.4 is 10.5 Å². The second-order valence-corrected chi connectivity index (χ2v) is 4.16. The number of hydrogen-bond acceptors (Lipinski definition) is 6. The predicted octanol–water partition coefficient (Wildman–Crippen LogP) is 1.90. The molecule has 2 N–H and O–H groups in total. The monoisotopic (exact) mass is 283 g/mol. The third-order valence-corrected chi connectivity index (χ3v) is 2.80. The van der Waals surface area contributed by atoms with Crippen LogP contribution in [-0.2, 0) is 11.3 Å². The first kappa shape index (κ1) is 14.3. The van der Waals surface area contributed by atoms with E-state index in [2.05, 4.69) is 4.98 Å². The quantitative estimate of drug-likeness (QED) is 0.679. The number of nitrogens with two attached hydrogens (primary N) is 1. The normalized spacial score (nSPS) is 9.71. The highest BCUT2D eigenvalue weighted by Crippen LogP contribution is 2.22. The molecule has 2 rings (SSSR count). The summed E-state index contributed by atoms with van der Waals surface area (Å²) in [5, 5.41) is 8.93.